The normalized spacial score (nSPS) is 11.0. The molecule has 0 spiro atoms. The van der Waals surface area contributed by atoms with Gasteiger partial charge in [0.05, 0.1) is 5.52 Å². The van der Waals surface area contributed by atoms with Crippen molar-refractivity contribution < 1.29 is 4.74 Å². The van der Waals surface area contributed by atoms with Crippen LogP contribution < -0.4 is 16.0 Å². The largest absolute Gasteiger partial charge is 0.485 e. The van der Waals surface area contributed by atoms with Crippen molar-refractivity contribution in [3.8, 4) is 5.75 Å². The minimum Gasteiger partial charge on any atom is -0.485 e. The average Bonchev–Trinajstić information content (AvgIpc) is 2.94. The lowest BCUT2D eigenvalue weighted by molar-refractivity contribution is 0.293. The van der Waals surface area contributed by atoms with Crippen LogP contribution in [-0.2, 0) is 13.2 Å². The number of hydrogen-bond donors (Lipinski definition) is 2. The molecule has 2 heterocycles. The number of thiophene rings is 1. The van der Waals surface area contributed by atoms with Gasteiger partial charge in [0.2, 0.25) is 0 Å². The molecule has 2 aromatic heterocycles. The highest BCUT2D eigenvalue weighted by atomic mass is 79.9. The molecule has 21 heavy (non-hydrogen) atoms. The Morgan fingerprint density at radius 2 is 2.24 bits per heavy atom. The summed E-state index contributed by atoms with van der Waals surface area (Å²) in [7, 11) is 0. The molecule has 0 saturated carbocycles. The minimum absolute atomic E-state index is 0.136. The quantitative estimate of drug-likeness (QED) is 0.744. The lowest BCUT2D eigenvalue weighted by Gasteiger charge is -2.10. The maximum Gasteiger partial charge on any atom is 0.268 e. The smallest absolute Gasteiger partial charge is 0.268 e. The van der Waals surface area contributed by atoms with Crippen LogP contribution in [0.4, 0.5) is 0 Å². The Balaban J connectivity index is 1.85. The summed E-state index contributed by atoms with van der Waals surface area (Å²) in [5.74, 6) is 1.19. The molecule has 0 atom stereocenters. The molecule has 0 aliphatic carbocycles. The van der Waals surface area contributed by atoms with E-state index < -0.39 is 0 Å². The Kier molecular flexibility index (Phi) is 4.05. The number of hydrogen-bond acceptors (Lipinski definition) is 5. The zero-order valence-corrected chi connectivity index (χ0v) is 13.3. The highest BCUT2D eigenvalue weighted by molar-refractivity contribution is 9.10. The van der Waals surface area contributed by atoms with Crippen molar-refractivity contribution >= 4 is 37.5 Å². The maximum atomic E-state index is 11.9. The first-order valence-electron chi connectivity index (χ1n) is 6.25. The molecule has 3 N–H and O–H groups in total. The topological polar surface area (TPSA) is 81.0 Å². The van der Waals surface area contributed by atoms with Crippen molar-refractivity contribution in [2.24, 2.45) is 5.73 Å². The van der Waals surface area contributed by atoms with Crippen LogP contribution in [0.3, 0.4) is 0 Å². The van der Waals surface area contributed by atoms with Crippen molar-refractivity contribution in [1.82, 2.24) is 9.97 Å². The van der Waals surface area contributed by atoms with Gasteiger partial charge in [0, 0.05) is 16.6 Å². The first-order chi connectivity index (χ1) is 10.2. The highest BCUT2D eigenvalue weighted by Crippen LogP contribution is 2.23. The molecule has 0 saturated heterocycles. The molecule has 3 aromatic rings. The van der Waals surface area contributed by atoms with E-state index in [-0.39, 0.29) is 12.2 Å². The van der Waals surface area contributed by atoms with E-state index in [9.17, 15) is 4.79 Å². The number of halogens is 1. The second kappa shape index (κ2) is 5.97. The number of H-pyrrole nitrogens is 1. The fourth-order valence-electron chi connectivity index (χ4n) is 1.98. The van der Waals surface area contributed by atoms with E-state index in [1.165, 1.54) is 11.3 Å². The van der Waals surface area contributed by atoms with Crippen LogP contribution >= 0.6 is 27.3 Å². The zero-order valence-electron chi connectivity index (χ0n) is 10.9. The number of nitrogens with one attached hydrogen (secondary N) is 1. The molecule has 0 amide bonds. The van der Waals surface area contributed by atoms with Gasteiger partial charge in [0.25, 0.3) is 5.56 Å². The number of benzene rings is 1. The number of fused-ring (bicyclic) bond motifs is 1. The Bertz CT molecular complexity index is 844. The number of aromatic nitrogens is 2. The van der Waals surface area contributed by atoms with E-state index in [1.54, 1.807) is 0 Å². The first kappa shape index (κ1) is 14.2. The van der Waals surface area contributed by atoms with Crippen LogP contribution in [0.15, 0.2) is 38.9 Å². The lowest BCUT2D eigenvalue weighted by atomic mass is 10.2. The summed E-state index contributed by atoms with van der Waals surface area (Å²) in [5.41, 5.74) is 7.15. The van der Waals surface area contributed by atoms with Crippen LogP contribution in [0.25, 0.3) is 10.2 Å². The number of rotatable bonds is 4. The van der Waals surface area contributed by atoms with Crippen molar-refractivity contribution in [2.45, 2.75) is 13.2 Å². The van der Waals surface area contributed by atoms with Crippen molar-refractivity contribution in [1.29, 1.82) is 0 Å². The van der Waals surface area contributed by atoms with Crippen LogP contribution in [0.2, 0.25) is 0 Å². The van der Waals surface area contributed by atoms with E-state index in [0.717, 1.165) is 10.0 Å². The predicted molar refractivity (Wildman–Crippen MR) is 86.6 cm³/mol. The first-order valence-corrected chi connectivity index (χ1v) is 7.92. The molecule has 1 aromatic carbocycles. The summed E-state index contributed by atoms with van der Waals surface area (Å²) < 4.78 is 7.30. The van der Waals surface area contributed by atoms with Gasteiger partial charge in [-0.15, -0.1) is 11.3 Å². The van der Waals surface area contributed by atoms with E-state index >= 15 is 0 Å². The summed E-state index contributed by atoms with van der Waals surface area (Å²) in [6.07, 6.45) is 0. The number of nitrogens with two attached hydrogens (primary N) is 1. The van der Waals surface area contributed by atoms with Crippen LogP contribution in [0.1, 0.15) is 11.4 Å². The van der Waals surface area contributed by atoms with Crippen molar-refractivity contribution in [3.63, 3.8) is 0 Å². The average molecular weight is 366 g/mol. The molecule has 0 aliphatic rings. The third-order valence-electron chi connectivity index (χ3n) is 2.97. The minimum atomic E-state index is -0.136. The predicted octanol–water partition coefficient (Wildman–Crippen LogP) is 2.78. The molecule has 7 heteroatoms. The van der Waals surface area contributed by atoms with Crippen LogP contribution in [-0.4, -0.2) is 9.97 Å². The van der Waals surface area contributed by atoms with E-state index in [1.807, 2.05) is 29.6 Å². The molecular formula is C14H12BrN3O2S. The summed E-state index contributed by atoms with van der Waals surface area (Å²) in [4.78, 5) is 19.0. The molecule has 5 nitrogen and oxygen atoms in total. The Morgan fingerprint density at radius 3 is 3.05 bits per heavy atom. The van der Waals surface area contributed by atoms with Crippen LogP contribution in [0.5, 0.6) is 5.75 Å². The van der Waals surface area contributed by atoms with E-state index in [0.29, 0.717) is 28.3 Å². The monoisotopic (exact) mass is 365 g/mol. The van der Waals surface area contributed by atoms with Gasteiger partial charge in [0.1, 0.15) is 22.9 Å². The SMILES string of the molecule is NCc1cc(Br)ccc1OCc1nc2ccsc2c(=O)[nH]1. The molecular weight excluding hydrogens is 354 g/mol. The second-order valence-corrected chi connectivity index (χ2v) is 6.22. The second-order valence-electron chi connectivity index (χ2n) is 4.39. The standard InChI is InChI=1S/C14H12BrN3O2S/c15-9-1-2-11(8(5-9)6-16)20-7-12-17-10-3-4-21-13(10)14(19)18-12/h1-5H,6-7,16H2,(H,17,18,19). The van der Waals surface area contributed by atoms with Gasteiger partial charge < -0.3 is 15.5 Å². The Hall–Kier alpha value is -1.70. The Morgan fingerprint density at radius 1 is 1.38 bits per heavy atom. The molecule has 0 radical (unpaired) electrons. The molecule has 3 rings (SSSR count). The number of aromatic amines is 1. The third kappa shape index (κ3) is 2.99. The molecule has 0 bridgehead atoms. The van der Waals surface area contributed by atoms with Gasteiger partial charge in [0.15, 0.2) is 0 Å². The lowest BCUT2D eigenvalue weighted by Crippen LogP contribution is -2.13. The molecule has 0 unspecified atom stereocenters. The summed E-state index contributed by atoms with van der Waals surface area (Å²) in [6, 6.07) is 7.46. The molecule has 0 aliphatic heterocycles. The van der Waals surface area contributed by atoms with Gasteiger partial charge in [-0.1, -0.05) is 15.9 Å². The molecule has 0 fully saturated rings. The third-order valence-corrected chi connectivity index (χ3v) is 4.37. The fourth-order valence-corrected chi connectivity index (χ4v) is 3.12. The van der Waals surface area contributed by atoms with Gasteiger partial charge in [-0.3, -0.25) is 4.79 Å². The van der Waals surface area contributed by atoms with Gasteiger partial charge in [-0.05, 0) is 29.6 Å². The fraction of sp³-hybridized carbons (Fsp3) is 0.143. The van der Waals surface area contributed by atoms with E-state index in [4.69, 9.17) is 10.5 Å². The maximum absolute atomic E-state index is 11.9. The van der Waals surface area contributed by atoms with Gasteiger partial charge in [-0.2, -0.15) is 0 Å². The van der Waals surface area contributed by atoms with E-state index in [2.05, 4.69) is 25.9 Å². The van der Waals surface area contributed by atoms with Gasteiger partial charge >= 0.3 is 0 Å². The van der Waals surface area contributed by atoms with Gasteiger partial charge in [-0.25, -0.2) is 4.98 Å². The zero-order chi connectivity index (χ0) is 14.8. The number of ether oxygens (including phenoxy) is 1. The molecule has 108 valence electrons. The number of nitrogens with zero attached hydrogens (tertiary/aromatic N) is 1. The van der Waals surface area contributed by atoms with Crippen LogP contribution in [0, 0.1) is 0 Å². The van der Waals surface area contributed by atoms with Crippen molar-refractivity contribution in [3.05, 3.63) is 55.9 Å². The van der Waals surface area contributed by atoms with Crippen molar-refractivity contribution in [2.75, 3.05) is 0 Å². The summed E-state index contributed by atoms with van der Waals surface area (Å²) in [5, 5.41) is 1.85. The highest BCUT2D eigenvalue weighted by Gasteiger charge is 2.07. The summed E-state index contributed by atoms with van der Waals surface area (Å²) >= 11 is 4.77. The Labute approximate surface area is 132 Å². The summed E-state index contributed by atoms with van der Waals surface area (Å²) in [6.45, 7) is 0.567.